The van der Waals surface area contributed by atoms with Crippen LogP contribution >= 0.6 is 34.3 Å². The van der Waals surface area contributed by atoms with Crippen LogP contribution in [0.25, 0.3) is 0 Å². The Labute approximate surface area is 331 Å². The molecule has 0 radical (unpaired) electrons. The summed E-state index contributed by atoms with van der Waals surface area (Å²) in [5, 5.41) is 44.2. The number of halogens is 1. The van der Waals surface area contributed by atoms with Gasteiger partial charge in [-0.05, 0) is 85.3 Å². The van der Waals surface area contributed by atoms with E-state index in [-0.39, 0.29) is 54.2 Å². The van der Waals surface area contributed by atoms with Crippen molar-refractivity contribution >= 4 is 63.4 Å². The Morgan fingerprint density at radius 2 is 1.84 bits per heavy atom. The molecule has 0 bridgehead atoms. The Bertz CT molecular complexity index is 1980. The van der Waals surface area contributed by atoms with Crippen LogP contribution in [0, 0.1) is 5.41 Å². The van der Waals surface area contributed by atoms with Crippen molar-refractivity contribution in [1.29, 1.82) is 0 Å². The number of benzene rings is 2. The summed E-state index contributed by atoms with van der Waals surface area (Å²) in [4.78, 5) is 41.2. The summed E-state index contributed by atoms with van der Waals surface area (Å²) >= 11 is 9.40. The van der Waals surface area contributed by atoms with E-state index in [4.69, 9.17) is 25.8 Å². The van der Waals surface area contributed by atoms with Crippen molar-refractivity contribution in [3.8, 4) is 17.2 Å². The fraction of sp³-hybridized carbons (Fsp3) is 0.410. The zero-order valence-electron chi connectivity index (χ0n) is 30.1. The maximum atomic E-state index is 13.0. The molecular weight excluding hydrogens is 768 g/mol. The fourth-order valence-electron chi connectivity index (χ4n) is 7.74. The molecule has 3 aliphatic rings. The SMILES string of the molecule is COc1cc(NC(=O)CCN2CCC3(CC2)CC(OC(C(=O)O)(c2cccs2)c2cccs2)C3)c(Cl)cc1CNC[C@H](O)c1ccc(O)c2c1OCC(=O)N2. The topological polar surface area (TPSA) is 179 Å². The predicted octanol–water partition coefficient (Wildman–Crippen LogP) is 5.95. The number of piperidine rings is 1. The Kier molecular flexibility index (Phi) is 11.7. The molecule has 1 saturated carbocycles. The fourth-order valence-corrected chi connectivity index (χ4v) is 9.78. The maximum absolute atomic E-state index is 13.0. The lowest BCUT2D eigenvalue weighted by Crippen LogP contribution is -2.53. The van der Waals surface area contributed by atoms with Gasteiger partial charge in [-0.1, -0.05) is 23.7 Å². The van der Waals surface area contributed by atoms with Gasteiger partial charge in [0.2, 0.25) is 11.5 Å². The second kappa shape index (κ2) is 16.5. The van der Waals surface area contributed by atoms with E-state index in [1.165, 1.54) is 35.8 Å². The summed E-state index contributed by atoms with van der Waals surface area (Å²) in [7, 11) is 1.52. The summed E-state index contributed by atoms with van der Waals surface area (Å²) in [5.41, 5.74) is 0.316. The number of thiophene rings is 2. The van der Waals surface area contributed by atoms with Crippen molar-refractivity contribution in [3.63, 3.8) is 0 Å². The molecule has 6 N–H and O–H groups in total. The first-order valence-corrected chi connectivity index (χ1v) is 20.2. The van der Waals surface area contributed by atoms with Gasteiger partial charge >= 0.3 is 5.97 Å². The van der Waals surface area contributed by atoms with E-state index in [9.17, 15) is 29.7 Å². The molecule has 4 aromatic rings. The Morgan fingerprint density at radius 3 is 2.47 bits per heavy atom. The number of fused-ring (bicyclic) bond motifs is 1. The van der Waals surface area contributed by atoms with Crippen molar-refractivity contribution in [2.75, 3.05) is 50.5 Å². The number of aromatic hydroxyl groups is 1. The lowest BCUT2D eigenvalue weighted by Gasteiger charge is -2.53. The van der Waals surface area contributed by atoms with E-state index in [1.54, 1.807) is 18.2 Å². The van der Waals surface area contributed by atoms with E-state index in [0.717, 1.165) is 38.8 Å². The summed E-state index contributed by atoms with van der Waals surface area (Å²) in [6.07, 6.45) is 2.69. The smallest absolute Gasteiger partial charge is 0.347 e. The lowest BCUT2D eigenvalue weighted by atomic mass is 9.61. The van der Waals surface area contributed by atoms with E-state index >= 15 is 0 Å². The molecule has 1 saturated heterocycles. The van der Waals surface area contributed by atoms with Crippen LogP contribution in [-0.4, -0.2) is 84.0 Å². The number of nitrogens with zero attached hydrogens (tertiary/aromatic N) is 1. The molecule has 1 aliphatic carbocycles. The van der Waals surface area contributed by atoms with Crippen LogP contribution in [0.3, 0.4) is 0 Å². The number of carbonyl (C=O) groups is 3. The van der Waals surface area contributed by atoms with Crippen molar-refractivity contribution < 1.29 is 43.9 Å². The Hall–Kier alpha value is -4.22. The van der Waals surface area contributed by atoms with Gasteiger partial charge in [-0.3, -0.25) is 9.59 Å². The number of hydrogen-bond acceptors (Lipinski definition) is 12. The van der Waals surface area contributed by atoms with Crippen molar-refractivity contribution in [2.24, 2.45) is 5.41 Å². The number of aliphatic hydroxyl groups is 1. The molecular formula is C39H43ClN4O9S2. The third-order valence-corrected chi connectivity index (χ3v) is 13.0. The average molecular weight is 811 g/mol. The second-order valence-electron chi connectivity index (χ2n) is 14.2. The number of phenols is 1. The Morgan fingerprint density at radius 1 is 1.13 bits per heavy atom. The number of carbonyl (C=O) groups excluding carboxylic acids is 2. The van der Waals surface area contributed by atoms with Gasteiger partial charge in [-0.15, -0.1) is 22.7 Å². The largest absolute Gasteiger partial charge is 0.506 e. The molecule has 292 valence electrons. The molecule has 0 unspecified atom stereocenters. The quantitative estimate of drug-likeness (QED) is 0.0782. The van der Waals surface area contributed by atoms with E-state index in [2.05, 4.69) is 20.9 Å². The van der Waals surface area contributed by atoms with Crippen LogP contribution in [-0.2, 0) is 31.3 Å². The van der Waals surface area contributed by atoms with Gasteiger partial charge in [0.25, 0.3) is 5.91 Å². The minimum Gasteiger partial charge on any atom is -0.506 e. The predicted molar refractivity (Wildman–Crippen MR) is 209 cm³/mol. The molecule has 1 atom stereocenters. The highest BCUT2D eigenvalue weighted by molar-refractivity contribution is 7.12. The van der Waals surface area contributed by atoms with Gasteiger partial charge in [0.1, 0.15) is 17.2 Å². The minimum absolute atomic E-state index is 0.121. The zero-order valence-corrected chi connectivity index (χ0v) is 32.5. The normalized spacial score (nSPS) is 17.5. The highest BCUT2D eigenvalue weighted by atomic mass is 35.5. The lowest BCUT2D eigenvalue weighted by molar-refractivity contribution is -0.190. The summed E-state index contributed by atoms with van der Waals surface area (Å²) in [6.45, 7) is 2.50. The highest BCUT2D eigenvalue weighted by Crippen LogP contribution is 2.53. The number of amides is 2. The molecule has 2 amide bonds. The molecule has 55 heavy (non-hydrogen) atoms. The van der Waals surface area contributed by atoms with Gasteiger partial charge in [0, 0.05) is 43.2 Å². The number of methoxy groups -OCH3 is 1. The number of aliphatic hydroxyl groups excluding tert-OH is 1. The number of aliphatic carboxylic acids is 1. The molecule has 2 aliphatic heterocycles. The average Bonchev–Trinajstić information content (AvgIpc) is 3.90. The number of phenolic OH excluding ortho intramolecular Hbond substituents is 1. The number of carboxylic acids is 1. The van der Waals surface area contributed by atoms with Crippen molar-refractivity contribution in [1.82, 2.24) is 10.2 Å². The second-order valence-corrected chi connectivity index (χ2v) is 16.5. The van der Waals surface area contributed by atoms with Gasteiger partial charge in [-0.25, -0.2) is 4.79 Å². The first-order valence-electron chi connectivity index (χ1n) is 18.1. The number of carboxylic acid groups (broad SMARTS) is 1. The van der Waals surface area contributed by atoms with Crippen molar-refractivity contribution in [2.45, 2.75) is 56.5 Å². The summed E-state index contributed by atoms with van der Waals surface area (Å²) in [5.74, 6) is -0.979. The van der Waals surface area contributed by atoms with E-state index < -0.39 is 23.6 Å². The molecule has 2 aromatic heterocycles. The van der Waals surface area contributed by atoms with Gasteiger partial charge < -0.3 is 50.4 Å². The number of ether oxygens (including phenoxy) is 3. The molecule has 4 heterocycles. The third-order valence-electron chi connectivity index (χ3n) is 10.7. The number of hydrogen-bond donors (Lipinski definition) is 6. The van der Waals surface area contributed by atoms with E-state index in [1.807, 2.05) is 35.0 Å². The van der Waals surface area contributed by atoms with Crippen LogP contribution in [0.4, 0.5) is 11.4 Å². The first kappa shape index (κ1) is 39.0. The molecule has 1 spiro atoms. The van der Waals surface area contributed by atoms with Crippen LogP contribution in [0.2, 0.25) is 5.02 Å². The standard InChI is InChI=1S/C39H43ClN4O9S2/c1-51-30-17-27(26(40)16-23(30)20-41-21-29(46)25-6-7-28(45)35-36(25)52-22-34(48)43-35)42-33(47)8-11-44-12-9-38(10-13-44)18-24(19-38)53-39(37(49)50,31-4-2-14-54-31)32-5-3-15-55-32/h2-7,14-17,24,29,41,45-46H,8-13,18-22H2,1H3,(H,42,47)(H,43,48)(H,49,50)/t29-/m0/s1. The van der Waals surface area contributed by atoms with Gasteiger partial charge in [0.05, 0.1) is 39.8 Å². The summed E-state index contributed by atoms with van der Waals surface area (Å²) < 4.78 is 17.6. The number of anilines is 2. The van der Waals surface area contributed by atoms with Crippen LogP contribution in [0.1, 0.15) is 59.1 Å². The molecule has 13 nitrogen and oxygen atoms in total. The maximum Gasteiger partial charge on any atom is 0.347 e. The van der Waals surface area contributed by atoms with Crippen LogP contribution in [0.15, 0.2) is 59.3 Å². The molecule has 16 heteroatoms. The van der Waals surface area contributed by atoms with Crippen molar-refractivity contribution in [3.05, 3.63) is 85.2 Å². The highest BCUT2D eigenvalue weighted by Gasteiger charge is 2.53. The molecule has 2 aromatic carbocycles. The minimum atomic E-state index is -1.50. The van der Waals surface area contributed by atoms with Crippen LogP contribution in [0.5, 0.6) is 17.2 Å². The molecule has 7 rings (SSSR count). The van der Waals surface area contributed by atoms with Crippen LogP contribution < -0.4 is 25.4 Å². The molecule has 2 fully saturated rings. The van der Waals surface area contributed by atoms with Gasteiger partial charge in [0.15, 0.2) is 12.4 Å². The third kappa shape index (κ3) is 8.19. The number of likely N-dealkylation sites (tertiary alicyclic amines) is 1. The zero-order chi connectivity index (χ0) is 38.7. The first-order chi connectivity index (χ1) is 26.5. The summed E-state index contributed by atoms with van der Waals surface area (Å²) in [6, 6.07) is 13.7. The van der Waals surface area contributed by atoms with Gasteiger partial charge in [-0.2, -0.15) is 0 Å². The number of nitrogens with one attached hydrogen (secondary N) is 3. The Balaban J connectivity index is 0.869. The number of rotatable bonds is 15. The monoisotopic (exact) mass is 810 g/mol. The van der Waals surface area contributed by atoms with E-state index in [0.29, 0.717) is 50.4 Å².